The lowest BCUT2D eigenvalue weighted by Crippen LogP contribution is -2.11. The number of rotatable bonds is 4. The highest BCUT2D eigenvalue weighted by molar-refractivity contribution is 7.20. The summed E-state index contributed by atoms with van der Waals surface area (Å²) < 4.78 is 0. The maximum absolute atomic E-state index is 11.8. The first-order chi connectivity index (χ1) is 11.4. The minimum absolute atomic E-state index is 0.407. The van der Waals surface area contributed by atoms with E-state index in [2.05, 4.69) is 10.3 Å². The largest absolute Gasteiger partial charge is 0.366 e. The van der Waals surface area contributed by atoms with Crippen molar-refractivity contribution in [2.45, 2.75) is 6.92 Å². The first-order valence-electron chi connectivity index (χ1n) is 7.04. The van der Waals surface area contributed by atoms with E-state index < -0.39 is 5.91 Å². The van der Waals surface area contributed by atoms with Crippen LogP contribution >= 0.6 is 34.5 Å². The van der Waals surface area contributed by atoms with E-state index in [-0.39, 0.29) is 0 Å². The number of nitrogens with zero attached hydrogens (tertiary/aromatic N) is 1. The Kier molecular flexibility index (Phi) is 4.76. The SMILES string of the molecule is Cc1cccc(Nc2sc(-c3ccc(Cl)c(Cl)c3)cc2C(N)=O)n1. The summed E-state index contributed by atoms with van der Waals surface area (Å²) in [6.07, 6.45) is 0. The van der Waals surface area contributed by atoms with Crippen LogP contribution in [0.1, 0.15) is 16.1 Å². The van der Waals surface area contributed by atoms with Crippen LogP contribution < -0.4 is 11.1 Å². The molecule has 0 saturated heterocycles. The molecule has 4 nitrogen and oxygen atoms in total. The first-order valence-corrected chi connectivity index (χ1v) is 8.61. The molecule has 24 heavy (non-hydrogen) atoms. The van der Waals surface area contributed by atoms with E-state index >= 15 is 0 Å². The van der Waals surface area contributed by atoms with Crippen molar-refractivity contribution in [2.75, 3.05) is 5.32 Å². The highest BCUT2D eigenvalue weighted by Gasteiger charge is 2.16. The van der Waals surface area contributed by atoms with Crippen molar-refractivity contribution in [3.05, 3.63) is 63.8 Å². The number of amides is 1. The van der Waals surface area contributed by atoms with E-state index in [1.165, 1.54) is 11.3 Å². The van der Waals surface area contributed by atoms with Gasteiger partial charge in [0.2, 0.25) is 0 Å². The number of aromatic nitrogens is 1. The monoisotopic (exact) mass is 377 g/mol. The molecule has 0 saturated carbocycles. The van der Waals surface area contributed by atoms with Crippen molar-refractivity contribution in [3.8, 4) is 10.4 Å². The topological polar surface area (TPSA) is 68.0 Å². The Hall–Kier alpha value is -2.08. The van der Waals surface area contributed by atoms with Crippen molar-refractivity contribution in [1.82, 2.24) is 4.98 Å². The first kappa shape index (κ1) is 16.8. The zero-order chi connectivity index (χ0) is 17.3. The molecule has 0 fully saturated rings. The molecule has 1 amide bonds. The minimum atomic E-state index is -0.507. The molecule has 0 aliphatic heterocycles. The van der Waals surface area contributed by atoms with E-state index in [1.54, 1.807) is 18.2 Å². The van der Waals surface area contributed by atoms with Gasteiger partial charge in [-0.1, -0.05) is 35.3 Å². The van der Waals surface area contributed by atoms with Crippen LogP contribution in [-0.4, -0.2) is 10.9 Å². The van der Waals surface area contributed by atoms with E-state index in [9.17, 15) is 4.79 Å². The van der Waals surface area contributed by atoms with E-state index in [0.717, 1.165) is 16.1 Å². The van der Waals surface area contributed by atoms with Gasteiger partial charge in [0, 0.05) is 10.6 Å². The fourth-order valence-corrected chi connectivity index (χ4v) is 3.55. The normalized spacial score (nSPS) is 10.6. The molecular weight excluding hydrogens is 365 g/mol. The van der Waals surface area contributed by atoms with E-state index in [4.69, 9.17) is 28.9 Å². The molecule has 0 atom stereocenters. The van der Waals surface area contributed by atoms with Gasteiger partial charge in [-0.15, -0.1) is 11.3 Å². The molecule has 1 aromatic carbocycles. The predicted molar refractivity (Wildman–Crippen MR) is 101 cm³/mol. The molecule has 0 spiro atoms. The maximum atomic E-state index is 11.8. The lowest BCUT2D eigenvalue weighted by atomic mass is 10.1. The molecule has 0 bridgehead atoms. The molecule has 3 aromatic rings. The van der Waals surface area contributed by atoms with Gasteiger partial charge in [-0.2, -0.15) is 0 Å². The third-order valence-electron chi connectivity index (χ3n) is 3.33. The zero-order valence-corrected chi connectivity index (χ0v) is 15.0. The molecule has 0 aliphatic rings. The van der Waals surface area contributed by atoms with E-state index in [0.29, 0.717) is 26.4 Å². The molecule has 2 aromatic heterocycles. The highest BCUT2D eigenvalue weighted by atomic mass is 35.5. The van der Waals surface area contributed by atoms with Crippen LogP contribution in [0.2, 0.25) is 10.0 Å². The number of nitrogens with one attached hydrogen (secondary N) is 1. The third kappa shape index (κ3) is 3.53. The number of carbonyl (C=O) groups excluding carboxylic acids is 1. The smallest absolute Gasteiger partial charge is 0.251 e. The highest BCUT2D eigenvalue weighted by Crippen LogP contribution is 2.38. The standard InChI is InChI=1S/C17H13Cl2N3OS/c1-9-3-2-4-15(21-9)22-17-11(16(20)23)8-14(24-17)10-5-6-12(18)13(19)7-10/h2-8H,1H3,(H2,20,23)(H,21,22). The number of thiophene rings is 1. The minimum Gasteiger partial charge on any atom is -0.366 e. The van der Waals surface area contributed by atoms with Gasteiger partial charge in [-0.05, 0) is 42.8 Å². The summed E-state index contributed by atoms with van der Waals surface area (Å²) in [5.41, 5.74) is 7.65. The molecule has 3 N–H and O–H groups in total. The molecule has 0 aliphatic carbocycles. The quantitative estimate of drug-likeness (QED) is 0.650. The molecule has 2 heterocycles. The average molecular weight is 378 g/mol. The second-order valence-corrected chi connectivity index (χ2v) is 7.00. The number of pyridine rings is 1. The molecule has 122 valence electrons. The summed E-state index contributed by atoms with van der Waals surface area (Å²) in [6.45, 7) is 1.90. The number of hydrogen-bond donors (Lipinski definition) is 2. The van der Waals surface area contributed by atoms with Crippen molar-refractivity contribution in [2.24, 2.45) is 5.73 Å². The second-order valence-electron chi connectivity index (χ2n) is 5.14. The summed E-state index contributed by atoms with van der Waals surface area (Å²) >= 11 is 13.4. The van der Waals surface area contributed by atoms with Gasteiger partial charge in [0.25, 0.3) is 5.91 Å². The van der Waals surface area contributed by atoms with Crippen LogP contribution in [0.5, 0.6) is 0 Å². The van der Waals surface area contributed by atoms with Crippen molar-refractivity contribution in [3.63, 3.8) is 0 Å². The van der Waals surface area contributed by atoms with Gasteiger partial charge < -0.3 is 11.1 Å². The molecule has 0 radical (unpaired) electrons. The maximum Gasteiger partial charge on any atom is 0.251 e. The van der Waals surface area contributed by atoms with Crippen LogP contribution in [0, 0.1) is 6.92 Å². The third-order valence-corrected chi connectivity index (χ3v) is 5.17. The second kappa shape index (κ2) is 6.81. The average Bonchev–Trinajstić information content (AvgIpc) is 2.94. The van der Waals surface area contributed by atoms with Gasteiger partial charge in [0.1, 0.15) is 10.8 Å². The summed E-state index contributed by atoms with van der Waals surface area (Å²) in [5, 5.41) is 4.74. The Balaban J connectivity index is 2.01. The summed E-state index contributed by atoms with van der Waals surface area (Å²) in [4.78, 5) is 17.0. The van der Waals surface area contributed by atoms with Crippen molar-refractivity contribution < 1.29 is 4.79 Å². The van der Waals surface area contributed by atoms with Crippen LogP contribution in [0.15, 0.2) is 42.5 Å². The fraction of sp³-hybridized carbons (Fsp3) is 0.0588. The Bertz CT molecular complexity index is 924. The number of primary amides is 1. The number of benzene rings is 1. The number of aryl methyl sites for hydroxylation is 1. The lowest BCUT2D eigenvalue weighted by molar-refractivity contribution is 0.100. The van der Waals surface area contributed by atoms with Gasteiger partial charge in [-0.25, -0.2) is 4.98 Å². The summed E-state index contributed by atoms with van der Waals surface area (Å²) in [5.74, 6) is 0.146. The molecule has 7 heteroatoms. The van der Waals surface area contributed by atoms with Crippen molar-refractivity contribution >= 4 is 51.3 Å². The van der Waals surface area contributed by atoms with Gasteiger partial charge in [0.15, 0.2) is 0 Å². The Morgan fingerprint density at radius 2 is 1.96 bits per heavy atom. The molecule has 0 unspecified atom stereocenters. The molecule has 3 rings (SSSR count). The summed E-state index contributed by atoms with van der Waals surface area (Å²) in [6, 6.07) is 12.7. The predicted octanol–water partition coefficient (Wildman–Crippen LogP) is 5.27. The number of halogens is 2. The fourth-order valence-electron chi connectivity index (χ4n) is 2.19. The lowest BCUT2D eigenvalue weighted by Gasteiger charge is -2.05. The number of hydrogen-bond acceptors (Lipinski definition) is 4. The van der Waals surface area contributed by atoms with Crippen molar-refractivity contribution in [1.29, 1.82) is 0 Å². The number of anilines is 2. The van der Waals surface area contributed by atoms with Gasteiger partial charge >= 0.3 is 0 Å². The van der Waals surface area contributed by atoms with Crippen LogP contribution in [-0.2, 0) is 0 Å². The van der Waals surface area contributed by atoms with Crippen LogP contribution in [0.4, 0.5) is 10.8 Å². The summed E-state index contributed by atoms with van der Waals surface area (Å²) in [7, 11) is 0. The van der Waals surface area contributed by atoms with Gasteiger partial charge in [0.05, 0.1) is 15.6 Å². The Morgan fingerprint density at radius 3 is 2.62 bits per heavy atom. The van der Waals surface area contributed by atoms with E-state index in [1.807, 2.05) is 31.2 Å². The Morgan fingerprint density at radius 1 is 1.17 bits per heavy atom. The molecular formula is C17H13Cl2N3OS. The number of carbonyl (C=O) groups is 1. The number of nitrogens with two attached hydrogens (primary N) is 1. The Labute approximate surface area is 153 Å². The van der Waals surface area contributed by atoms with Gasteiger partial charge in [-0.3, -0.25) is 4.79 Å². The van der Waals surface area contributed by atoms with Crippen LogP contribution in [0.25, 0.3) is 10.4 Å². The van der Waals surface area contributed by atoms with Crippen LogP contribution in [0.3, 0.4) is 0 Å². The zero-order valence-electron chi connectivity index (χ0n) is 12.6.